The largest absolute Gasteiger partial charge is 0.481 e. The highest BCUT2D eigenvalue weighted by molar-refractivity contribution is 7.13. The van der Waals surface area contributed by atoms with E-state index in [0.717, 1.165) is 21.7 Å². The zero-order chi connectivity index (χ0) is 30.4. The molecule has 0 spiro atoms. The number of carboxylic acids is 1. The van der Waals surface area contributed by atoms with Crippen LogP contribution in [0, 0.1) is 12.8 Å². The number of carboxylic acid groups (broad SMARTS) is 1. The van der Waals surface area contributed by atoms with Crippen LogP contribution >= 0.6 is 11.3 Å². The second-order valence-electron chi connectivity index (χ2n) is 11.0. The van der Waals surface area contributed by atoms with Gasteiger partial charge in [0.25, 0.3) is 5.88 Å². The standard InChI is InChI=1S/C30H38N4O7S/c1-17(2)27(23-14-25(33-41-23)40-12-6-5-7-26(36)37)30(39)34-15-22(35)13-24(34)32-29(38)18(3)20-8-10-21(11-9-20)28-19(4)31-16-42-28/h8-11,14,16-18,22,24,27,35H,5-7,12-13,15H2,1-4H3,(H,32,38)(H,36,37)/t18-,22+,24-,27+/m0/s1. The van der Waals surface area contributed by atoms with Gasteiger partial charge in [-0.15, -0.1) is 11.3 Å². The highest BCUT2D eigenvalue weighted by Gasteiger charge is 2.41. The molecule has 1 aromatic carbocycles. The summed E-state index contributed by atoms with van der Waals surface area (Å²) in [7, 11) is 0. The zero-order valence-electron chi connectivity index (χ0n) is 24.3. The number of carbonyl (C=O) groups is 3. The van der Waals surface area contributed by atoms with Crippen molar-refractivity contribution >= 4 is 29.1 Å². The molecule has 3 heterocycles. The van der Waals surface area contributed by atoms with E-state index in [4.69, 9.17) is 14.4 Å². The molecule has 2 aromatic heterocycles. The molecule has 0 saturated carbocycles. The number of amides is 2. The number of aryl methyl sites for hydroxylation is 1. The summed E-state index contributed by atoms with van der Waals surface area (Å²) in [5.41, 5.74) is 4.65. The maximum absolute atomic E-state index is 13.8. The number of aromatic nitrogens is 2. The van der Waals surface area contributed by atoms with Gasteiger partial charge in [-0.3, -0.25) is 14.4 Å². The topological polar surface area (TPSA) is 155 Å². The molecular weight excluding hydrogens is 560 g/mol. The Balaban J connectivity index is 1.40. The van der Waals surface area contributed by atoms with E-state index >= 15 is 0 Å². The quantitative estimate of drug-likeness (QED) is 0.244. The van der Waals surface area contributed by atoms with Crippen LogP contribution in [0.3, 0.4) is 0 Å². The summed E-state index contributed by atoms with van der Waals surface area (Å²) in [4.78, 5) is 44.6. The molecule has 12 heteroatoms. The first-order valence-electron chi connectivity index (χ1n) is 14.2. The fourth-order valence-electron chi connectivity index (χ4n) is 5.09. The van der Waals surface area contributed by atoms with Crippen molar-refractivity contribution in [2.24, 2.45) is 5.92 Å². The fraction of sp³-hybridized carbons (Fsp3) is 0.500. The molecule has 0 aliphatic carbocycles. The minimum Gasteiger partial charge on any atom is -0.481 e. The number of hydrogen-bond donors (Lipinski definition) is 3. The van der Waals surface area contributed by atoms with E-state index in [1.54, 1.807) is 17.4 Å². The van der Waals surface area contributed by atoms with Gasteiger partial charge in [0.15, 0.2) is 5.76 Å². The van der Waals surface area contributed by atoms with Crippen LogP contribution in [-0.4, -0.2) is 68.5 Å². The van der Waals surface area contributed by atoms with E-state index in [1.807, 2.05) is 57.5 Å². The van der Waals surface area contributed by atoms with E-state index < -0.39 is 30.1 Å². The molecule has 42 heavy (non-hydrogen) atoms. The van der Waals surface area contributed by atoms with Gasteiger partial charge in [-0.1, -0.05) is 38.1 Å². The molecule has 11 nitrogen and oxygen atoms in total. The van der Waals surface area contributed by atoms with Gasteiger partial charge in [0, 0.05) is 25.5 Å². The van der Waals surface area contributed by atoms with Gasteiger partial charge in [0.2, 0.25) is 11.8 Å². The van der Waals surface area contributed by atoms with Gasteiger partial charge in [-0.05, 0) is 48.9 Å². The Morgan fingerprint density at radius 2 is 1.93 bits per heavy atom. The third-order valence-corrected chi connectivity index (χ3v) is 8.44. The van der Waals surface area contributed by atoms with Gasteiger partial charge < -0.3 is 29.7 Å². The second-order valence-corrected chi connectivity index (χ2v) is 11.9. The molecule has 3 aromatic rings. The van der Waals surface area contributed by atoms with Crippen molar-refractivity contribution in [3.8, 4) is 16.3 Å². The van der Waals surface area contributed by atoms with Crippen LogP contribution < -0.4 is 10.1 Å². The Morgan fingerprint density at radius 1 is 1.19 bits per heavy atom. The summed E-state index contributed by atoms with van der Waals surface area (Å²) in [5.74, 6) is -2.18. The molecule has 4 rings (SSSR count). The number of carbonyl (C=O) groups excluding carboxylic acids is 2. The number of hydrogen-bond acceptors (Lipinski definition) is 9. The third-order valence-electron chi connectivity index (χ3n) is 7.46. The second kappa shape index (κ2) is 13.9. The Morgan fingerprint density at radius 3 is 2.57 bits per heavy atom. The number of nitrogens with zero attached hydrogens (tertiary/aromatic N) is 3. The van der Waals surface area contributed by atoms with E-state index in [-0.39, 0.29) is 49.6 Å². The molecule has 0 radical (unpaired) electrons. The number of benzene rings is 1. The van der Waals surface area contributed by atoms with Crippen LogP contribution in [0.15, 0.2) is 40.4 Å². The number of unbranched alkanes of at least 4 members (excludes halogenated alkanes) is 1. The molecule has 0 bridgehead atoms. The van der Waals surface area contributed by atoms with Crippen molar-refractivity contribution in [3.63, 3.8) is 0 Å². The number of aliphatic hydroxyl groups excluding tert-OH is 1. The lowest BCUT2D eigenvalue weighted by atomic mass is 9.91. The average molecular weight is 599 g/mol. The number of nitrogens with one attached hydrogen (secondary N) is 1. The van der Waals surface area contributed by atoms with Crippen molar-refractivity contribution in [3.05, 3.63) is 52.9 Å². The fourth-order valence-corrected chi connectivity index (χ4v) is 5.90. The molecule has 3 N–H and O–H groups in total. The van der Waals surface area contributed by atoms with Crippen LogP contribution in [0.5, 0.6) is 5.88 Å². The lowest BCUT2D eigenvalue weighted by Crippen LogP contribution is -2.50. The number of thiazole rings is 1. The highest BCUT2D eigenvalue weighted by atomic mass is 32.1. The summed E-state index contributed by atoms with van der Waals surface area (Å²) >= 11 is 1.57. The van der Waals surface area contributed by atoms with Crippen molar-refractivity contribution in [1.82, 2.24) is 20.4 Å². The summed E-state index contributed by atoms with van der Waals surface area (Å²) in [5, 5.41) is 26.1. The van der Waals surface area contributed by atoms with E-state index in [2.05, 4.69) is 15.5 Å². The molecule has 1 fully saturated rings. The summed E-state index contributed by atoms with van der Waals surface area (Å²) in [6, 6.07) is 9.38. The normalized spacial score (nSPS) is 18.2. The van der Waals surface area contributed by atoms with E-state index in [1.165, 1.54) is 4.90 Å². The molecule has 2 amide bonds. The van der Waals surface area contributed by atoms with Gasteiger partial charge in [-0.2, -0.15) is 0 Å². The van der Waals surface area contributed by atoms with Gasteiger partial charge in [0.05, 0.1) is 34.7 Å². The predicted molar refractivity (Wildman–Crippen MR) is 156 cm³/mol. The van der Waals surface area contributed by atoms with Crippen molar-refractivity contribution < 1.29 is 33.9 Å². The lowest BCUT2D eigenvalue weighted by Gasteiger charge is -2.30. The highest BCUT2D eigenvalue weighted by Crippen LogP contribution is 2.33. The molecule has 4 atom stereocenters. The Kier molecular flexibility index (Phi) is 10.3. The Labute approximate surface area is 248 Å². The summed E-state index contributed by atoms with van der Waals surface area (Å²) in [6.07, 6.45) is -0.134. The molecule has 226 valence electrons. The number of ether oxygens (including phenoxy) is 1. The van der Waals surface area contributed by atoms with Crippen LogP contribution in [-0.2, 0) is 14.4 Å². The predicted octanol–water partition coefficient (Wildman–Crippen LogP) is 4.32. The Hall–Kier alpha value is -3.77. The third kappa shape index (κ3) is 7.54. The van der Waals surface area contributed by atoms with Gasteiger partial charge >= 0.3 is 5.97 Å². The van der Waals surface area contributed by atoms with Gasteiger partial charge in [0.1, 0.15) is 12.1 Å². The summed E-state index contributed by atoms with van der Waals surface area (Å²) < 4.78 is 11.1. The number of aliphatic carboxylic acids is 1. The molecule has 1 aliphatic heterocycles. The molecular formula is C30H38N4O7S. The first kappa shape index (κ1) is 31.2. The van der Waals surface area contributed by atoms with E-state index in [9.17, 15) is 19.5 Å². The molecule has 1 aliphatic rings. The summed E-state index contributed by atoms with van der Waals surface area (Å²) in [6.45, 7) is 7.91. The molecule has 0 unspecified atom stereocenters. The number of likely N-dealkylation sites (tertiary alicyclic amines) is 1. The smallest absolute Gasteiger partial charge is 0.303 e. The van der Waals surface area contributed by atoms with Crippen LogP contribution in [0.25, 0.3) is 10.4 Å². The van der Waals surface area contributed by atoms with Crippen LogP contribution in [0.4, 0.5) is 0 Å². The lowest BCUT2D eigenvalue weighted by molar-refractivity contribution is -0.138. The van der Waals surface area contributed by atoms with Crippen molar-refractivity contribution in [2.75, 3.05) is 13.2 Å². The first-order valence-corrected chi connectivity index (χ1v) is 15.0. The monoisotopic (exact) mass is 598 g/mol. The maximum atomic E-state index is 13.8. The van der Waals surface area contributed by atoms with Crippen molar-refractivity contribution in [1.29, 1.82) is 0 Å². The molecule has 1 saturated heterocycles. The van der Waals surface area contributed by atoms with Crippen LogP contribution in [0.1, 0.15) is 75.3 Å². The van der Waals surface area contributed by atoms with Crippen molar-refractivity contribution in [2.45, 2.75) is 77.5 Å². The zero-order valence-corrected chi connectivity index (χ0v) is 25.1. The SMILES string of the molecule is Cc1ncsc1-c1ccc([C@H](C)C(=O)N[C@@H]2C[C@@H](O)CN2C(=O)[C@@H](c2cc(OCCCCC(=O)O)no2)C(C)C)cc1. The van der Waals surface area contributed by atoms with E-state index in [0.29, 0.717) is 18.6 Å². The van der Waals surface area contributed by atoms with Crippen LogP contribution in [0.2, 0.25) is 0 Å². The number of rotatable bonds is 13. The minimum absolute atomic E-state index is 0.0645. The van der Waals surface area contributed by atoms with Gasteiger partial charge in [-0.25, -0.2) is 4.98 Å². The maximum Gasteiger partial charge on any atom is 0.303 e. The number of aliphatic hydroxyl groups is 1. The number of β-amino-alcohol motifs (C(OH)–C–C–N with tert-alkyl or cyclic N) is 1. The average Bonchev–Trinajstić information content (AvgIpc) is 3.68. The minimum atomic E-state index is -0.857. The first-order chi connectivity index (χ1) is 20.0. The Bertz CT molecular complexity index is 1370.